The summed E-state index contributed by atoms with van der Waals surface area (Å²) in [4.78, 5) is 18.4. The Morgan fingerprint density at radius 2 is 2.00 bits per heavy atom. The highest BCUT2D eigenvalue weighted by Gasteiger charge is 2.33. The van der Waals surface area contributed by atoms with Crippen LogP contribution < -0.4 is 10.3 Å². The molecular formula is C16H16Cl2N4OS. The van der Waals surface area contributed by atoms with Crippen molar-refractivity contribution < 1.29 is 4.79 Å². The van der Waals surface area contributed by atoms with Gasteiger partial charge in [0.15, 0.2) is 5.82 Å². The van der Waals surface area contributed by atoms with Crippen molar-refractivity contribution in [3.63, 3.8) is 0 Å². The fourth-order valence-corrected chi connectivity index (χ4v) is 3.87. The number of carbonyl (C=O) groups is 1. The number of aromatic nitrogens is 1. The number of pyridine rings is 1. The van der Waals surface area contributed by atoms with Crippen LogP contribution in [0.5, 0.6) is 0 Å². The van der Waals surface area contributed by atoms with Crippen LogP contribution in [0.3, 0.4) is 0 Å². The molecule has 0 bridgehead atoms. The Morgan fingerprint density at radius 3 is 2.62 bits per heavy atom. The van der Waals surface area contributed by atoms with Crippen LogP contribution in [0.25, 0.3) is 0 Å². The third kappa shape index (κ3) is 3.55. The fraction of sp³-hybridized carbons (Fsp3) is 0.250. The average molecular weight is 383 g/mol. The van der Waals surface area contributed by atoms with Crippen LogP contribution in [0.1, 0.15) is 10.9 Å². The topological polar surface area (TPSA) is 48.5 Å². The van der Waals surface area contributed by atoms with Crippen LogP contribution in [0.4, 0.5) is 11.5 Å². The molecule has 1 amide bonds. The number of nitrogens with zero attached hydrogens (tertiary/aromatic N) is 3. The van der Waals surface area contributed by atoms with Crippen LogP contribution in [-0.2, 0) is 4.79 Å². The van der Waals surface area contributed by atoms with E-state index in [0.717, 1.165) is 11.3 Å². The molecule has 3 rings (SSSR count). The minimum atomic E-state index is -0.137. The third-order valence-corrected chi connectivity index (χ3v) is 5.30. The van der Waals surface area contributed by atoms with Gasteiger partial charge in [0, 0.05) is 26.0 Å². The Labute approximate surface area is 154 Å². The molecule has 1 aromatic heterocycles. The van der Waals surface area contributed by atoms with Crippen LogP contribution in [0.15, 0.2) is 36.5 Å². The van der Waals surface area contributed by atoms with E-state index < -0.39 is 0 Å². The average Bonchev–Trinajstić information content (AvgIpc) is 2.91. The van der Waals surface area contributed by atoms with Gasteiger partial charge in [-0.05, 0) is 23.8 Å². The summed E-state index contributed by atoms with van der Waals surface area (Å²) >= 11 is 13.6. The van der Waals surface area contributed by atoms with E-state index in [1.165, 1.54) is 6.20 Å². The van der Waals surface area contributed by atoms with E-state index >= 15 is 0 Å². The summed E-state index contributed by atoms with van der Waals surface area (Å²) in [5, 5.41) is 2.25. The highest BCUT2D eigenvalue weighted by atomic mass is 35.5. The standard InChI is InChI=1S/C16H16Cl2N4OS/c1-21(2)12-5-3-10(4-6-12)16-22(14(23)9-24-16)20-15-13(18)7-11(17)8-19-15/h3-8,16H,9H2,1-2H3,(H,19,20). The molecule has 8 heteroatoms. The van der Waals surface area contributed by atoms with E-state index in [0.29, 0.717) is 21.6 Å². The number of nitrogens with one attached hydrogen (secondary N) is 1. The predicted molar refractivity (Wildman–Crippen MR) is 101 cm³/mol. The van der Waals surface area contributed by atoms with Crippen molar-refractivity contribution in [2.75, 3.05) is 30.2 Å². The van der Waals surface area contributed by atoms with Crippen LogP contribution >= 0.6 is 35.0 Å². The summed E-state index contributed by atoms with van der Waals surface area (Å²) in [5.41, 5.74) is 5.17. The highest BCUT2D eigenvalue weighted by molar-refractivity contribution is 8.00. The van der Waals surface area contributed by atoms with Gasteiger partial charge >= 0.3 is 0 Å². The molecular weight excluding hydrogens is 367 g/mol. The number of hydrazine groups is 1. The number of rotatable bonds is 4. The van der Waals surface area contributed by atoms with E-state index in [1.54, 1.807) is 22.8 Å². The molecule has 0 spiro atoms. The number of halogens is 2. The fourth-order valence-electron chi connectivity index (χ4n) is 2.34. The first-order valence-corrected chi connectivity index (χ1v) is 9.05. The minimum absolute atomic E-state index is 0.0190. The molecule has 1 atom stereocenters. The maximum absolute atomic E-state index is 12.3. The lowest BCUT2D eigenvalue weighted by Crippen LogP contribution is -2.34. The van der Waals surface area contributed by atoms with Gasteiger partial charge in [0.25, 0.3) is 5.91 Å². The van der Waals surface area contributed by atoms with Crippen LogP contribution in [0.2, 0.25) is 10.0 Å². The van der Waals surface area contributed by atoms with Gasteiger partial charge in [-0.25, -0.2) is 9.99 Å². The van der Waals surface area contributed by atoms with Crippen molar-refractivity contribution in [2.24, 2.45) is 0 Å². The van der Waals surface area contributed by atoms with Gasteiger partial charge in [-0.15, -0.1) is 11.8 Å². The Hall–Kier alpha value is -1.63. The quantitative estimate of drug-likeness (QED) is 0.863. The highest BCUT2D eigenvalue weighted by Crippen LogP contribution is 2.39. The molecule has 2 aromatic rings. The molecule has 24 heavy (non-hydrogen) atoms. The minimum Gasteiger partial charge on any atom is -0.378 e. The number of benzene rings is 1. The molecule has 1 aliphatic rings. The maximum Gasteiger partial charge on any atom is 0.252 e. The summed E-state index contributed by atoms with van der Waals surface area (Å²) in [6.07, 6.45) is 1.49. The summed E-state index contributed by atoms with van der Waals surface area (Å²) in [6.45, 7) is 0. The van der Waals surface area contributed by atoms with E-state index in [4.69, 9.17) is 23.2 Å². The second-order valence-electron chi connectivity index (χ2n) is 5.51. The Kier molecular flexibility index (Phi) is 5.08. The van der Waals surface area contributed by atoms with Gasteiger partial charge in [-0.2, -0.15) is 0 Å². The molecule has 2 heterocycles. The van der Waals surface area contributed by atoms with Crippen molar-refractivity contribution in [1.82, 2.24) is 9.99 Å². The van der Waals surface area contributed by atoms with Gasteiger partial charge < -0.3 is 4.90 Å². The number of hydrogen-bond donors (Lipinski definition) is 1. The summed E-state index contributed by atoms with van der Waals surface area (Å²) in [5.74, 6) is 0.791. The molecule has 1 aliphatic heterocycles. The van der Waals surface area contributed by atoms with Crippen molar-refractivity contribution >= 4 is 52.4 Å². The van der Waals surface area contributed by atoms with Crippen molar-refractivity contribution in [2.45, 2.75) is 5.37 Å². The third-order valence-electron chi connectivity index (χ3n) is 3.60. The molecule has 0 aliphatic carbocycles. The van der Waals surface area contributed by atoms with E-state index in [9.17, 15) is 4.79 Å². The first-order valence-electron chi connectivity index (χ1n) is 7.24. The lowest BCUT2D eigenvalue weighted by Gasteiger charge is -2.26. The number of amides is 1. The molecule has 1 fully saturated rings. The normalized spacial score (nSPS) is 17.2. The van der Waals surface area contributed by atoms with Crippen molar-refractivity contribution in [1.29, 1.82) is 0 Å². The second kappa shape index (κ2) is 7.09. The van der Waals surface area contributed by atoms with Crippen molar-refractivity contribution in [3.8, 4) is 0 Å². The summed E-state index contributed by atoms with van der Waals surface area (Å²) in [7, 11) is 3.98. The molecule has 126 valence electrons. The largest absolute Gasteiger partial charge is 0.378 e. The zero-order chi connectivity index (χ0) is 17.3. The van der Waals surface area contributed by atoms with E-state index in [-0.39, 0.29) is 11.3 Å². The van der Waals surface area contributed by atoms with E-state index in [1.807, 2.05) is 43.3 Å². The molecule has 1 N–H and O–H groups in total. The van der Waals surface area contributed by atoms with Gasteiger partial charge in [-0.3, -0.25) is 10.2 Å². The van der Waals surface area contributed by atoms with E-state index in [2.05, 4.69) is 10.4 Å². The van der Waals surface area contributed by atoms with Crippen LogP contribution in [-0.4, -0.2) is 35.7 Å². The number of carbonyl (C=O) groups excluding carboxylic acids is 1. The van der Waals surface area contributed by atoms with Crippen LogP contribution in [0, 0.1) is 0 Å². The molecule has 1 saturated heterocycles. The number of thioether (sulfide) groups is 1. The Bertz CT molecular complexity index is 754. The van der Waals surface area contributed by atoms with Crippen molar-refractivity contribution in [3.05, 3.63) is 52.1 Å². The zero-order valence-corrected chi connectivity index (χ0v) is 15.5. The molecule has 0 saturated carbocycles. The molecule has 1 aromatic carbocycles. The molecule has 1 unspecified atom stereocenters. The maximum atomic E-state index is 12.3. The first kappa shape index (κ1) is 17.2. The van der Waals surface area contributed by atoms with Gasteiger partial charge in [0.05, 0.1) is 15.8 Å². The Balaban J connectivity index is 1.83. The summed E-state index contributed by atoms with van der Waals surface area (Å²) < 4.78 is 0. The molecule has 5 nitrogen and oxygen atoms in total. The summed E-state index contributed by atoms with van der Waals surface area (Å²) in [6, 6.07) is 9.70. The second-order valence-corrected chi connectivity index (χ2v) is 7.42. The first-order chi connectivity index (χ1) is 11.5. The zero-order valence-electron chi connectivity index (χ0n) is 13.2. The number of hydrogen-bond acceptors (Lipinski definition) is 5. The SMILES string of the molecule is CN(C)c1ccc(C2SCC(=O)N2Nc2ncc(Cl)cc2Cl)cc1. The smallest absolute Gasteiger partial charge is 0.252 e. The number of anilines is 2. The molecule has 0 radical (unpaired) electrons. The predicted octanol–water partition coefficient (Wildman–Crippen LogP) is 4.06. The lowest BCUT2D eigenvalue weighted by molar-refractivity contribution is -0.126. The Morgan fingerprint density at radius 1 is 1.29 bits per heavy atom. The van der Waals surface area contributed by atoms with Gasteiger partial charge in [0.1, 0.15) is 5.37 Å². The van der Waals surface area contributed by atoms with Gasteiger partial charge in [-0.1, -0.05) is 35.3 Å². The van der Waals surface area contributed by atoms with Gasteiger partial charge in [0.2, 0.25) is 0 Å². The monoisotopic (exact) mass is 382 g/mol. The lowest BCUT2D eigenvalue weighted by atomic mass is 10.2.